The number of nitrogens with one attached hydrogen (secondary N) is 1. The van der Waals surface area contributed by atoms with Gasteiger partial charge in [0.2, 0.25) is 0 Å². The Balaban J connectivity index is 1.18. The second-order valence-electron chi connectivity index (χ2n) is 18.2. The van der Waals surface area contributed by atoms with Gasteiger partial charge in [-0.1, -0.05) is 108 Å². The molecule has 5 aliphatic rings. The van der Waals surface area contributed by atoms with Crippen LogP contribution in [0.4, 0.5) is 0 Å². The number of benzene rings is 3. The number of methoxy groups -OCH3 is 1. The summed E-state index contributed by atoms with van der Waals surface area (Å²) in [4.78, 5) is 27.6. The van der Waals surface area contributed by atoms with Crippen LogP contribution in [0.25, 0.3) is 0 Å². The molecular formula is C47H57NO9. The van der Waals surface area contributed by atoms with Crippen LogP contribution in [0, 0.1) is 34.0 Å². The van der Waals surface area contributed by atoms with Gasteiger partial charge in [0.05, 0.1) is 43.7 Å². The third kappa shape index (κ3) is 6.08. The molecule has 3 aliphatic carbocycles. The van der Waals surface area contributed by atoms with Crippen LogP contribution in [-0.4, -0.2) is 71.9 Å². The van der Waals surface area contributed by atoms with Gasteiger partial charge in [-0.05, 0) is 54.2 Å². The molecule has 2 saturated heterocycles. The molecule has 2 saturated carbocycles. The molecule has 2 bridgehead atoms. The highest BCUT2D eigenvalue weighted by atomic mass is 16.7. The largest absolute Gasteiger partial charge is 0.497 e. The van der Waals surface area contributed by atoms with Gasteiger partial charge >= 0.3 is 5.97 Å². The summed E-state index contributed by atoms with van der Waals surface area (Å²) in [6.45, 7) is 15.6. The fraction of sp³-hybridized carbons (Fsp3) is 0.532. The van der Waals surface area contributed by atoms with Gasteiger partial charge in [0, 0.05) is 46.1 Å². The van der Waals surface area contributed by atoms with Gasteiger partial charge in [-0.25, -0.2) is 4.79 Å². The lowest BCUT2D eigenvalue weighted by Gasteiger charge is -2.72. The maximum Gasteiger partial charge on any atom is 0.338 e. The minimum absolute atomic E-state index is 0.0511. The van der Waals surface area contributed by atoms with Crippen molar-refractivity contribution in [2.75, 3.05) is 13.7 Å². The lowest BCUT2D eigenvalue weighted by atomic mass is 9.39. The van der Waals surface area contributed by atoms with Gasteiger partial charge in [0.15, 0.2) is 12.4 Å². The maximum absolute atomic E-state index is 14.2. The molecule has 304 valence electrons. The van der Waals surface area contributed by atoms with Crippen LogP contribution >= 0.6 is 0 Å². The Morgan fingerprint density at radius 2 is 1.54 bits per heavy atom. The SMILES string of the molecule is COc1ccc(C2O[C@H]3C[C@H]4OC[C@@]4(C)[C@H]4[C@H](C)[C@]5(O)C[C@H](OC(=O)[C@H](O)[C@@H](NC(=O)c6ccccc6)c6ccccc6)C(C)=C([C@H](C)[C@H](O2)[C@]34C)C5(C)C)cc1. The molecule has 1 amide bonds. The third-order valence-electron chi connectivity index (χ3n) is 15.0. The van der Waals surface area contributed by atoms with Gasteiger partial charge in [0.1, 0.15) is 11.9 Å². The summed E-state index contributed by atoms with van der Waals surface area (Å²) in [5.74, 6) is -1.20. The third-order valence-corrected chi connectivity index (χ3v) is 15.0. The Bertz CT molecular complexity index is 2020. The van der Waals surface area contributed by atoms with Crippen LogP contribution < -0.4 is 10.1 Å². The van der Waals surface area contributed by atoms with Crippen molar-refractivity contribution >= 4 is 11.9 Å². The Morgan fingerprint density at radius 3 is 2.16 bits per heavy atom. The van der Waals surface area contributed by atoms with E-state index in [4.69, 9.17) is 23.7 Å². The molecule has 10 heteroatoms. The Morgan fingerprint density at radius 1 is 0.895 bits per heavy atom. The quantitative estimate of drug-likeness (QED) is 0.162. The zero-order valence-corrected chi connectivity index (χ0v) is 34.2. The molecule has 0 spiro atoms. The average molecular weight is 780 g/mol. The van der Waals surface area contributed by atoms with E-state index in [1.807, 2.05) is 43.3 Å². The smallest absolute Gasteiger partial charge is 0.338 e. The van der Waals surface area contributed by atoms with Crippen LogP contribution in [0.1, 0.15) is 95.1 Å². The molecule has 0 aromatic heterocycles. The molecule has 10 nitrogen and oxygen atoms in total. The van der Waals surface area contributed by atoms with Gasteiger partial charge in [-0.3, -0.25) is 4.79 Å². The Hall–Kier alpha value is -4.06. The first-order chi connectivity index (χ1) is 27.1. The molecule has 2 heterocycles. The van der Waals surface area contributed by atoms with Crippen molar-refractivity contribution in [1.29, 1.82) is 0 Å². The summed E-state index contributed by atoms with van der Waals surface area (Å²) < 4.78 is 32.3. The molecule has 1 unspecified atom stereocenters. The zero-order chi connectivity index (χ0) is 40.7. The molecule has 3 aromatic rings. The second kappa shape index (κ2) is 14.3. The highest BCUT2D eigenvalue weighted by Gasteiger charge is 2.74. The monoisotopic (exact) mass is 779 g/mol. The van der Waals surface area contributed by atoms with E-state index in [-0.39, 0.29) is 47.9 Å². The maximum atomic E-state index is 14.2. The molecule has 13 atom stereocenters. The topological polar surface area (TPSA) is 133 Å². The highest BCUT2D eigenvalue weighted by Crippen LogP contribution is 2.70. The van der Waals surface area contributed by atoms with Crippen LogP contribution in [-0.2, 0) is 23.7 Å². The minimum Gasteiger partial charge on any atom is -0.497 e. The Kier molecular flexibility index (Phi) is 10.0. The summed E-state index contributed by atoms with van der Waals surface area (Å²) in [7, 11) is 1.64. The van der Waals surface area contributed by atoms with Crippen molar-refractivity contribution in [3.05, 3.63) is 113 Å². The number of aliphatic hydroxyl groups excluding tert-OH is 1. The fourth-order valence-electron chi connectivity index (χ4n) is 12.2. The fourth-order valence-corrected chi connectivity index (χ4v) is 12.2. The summed E-state index contributed by atoms with van der Waals surface area (Å²) in [6, 6.07) is 24.3. The second-order valence-corrected chi connectivity index (χ2v) is 18.2. The van der Waals surface area contributed by atoms with Crippen molar-refractivity contribution in [2.24, 2.45) is 34.0 Å². The van der Waals surface area contributed by atoms with Crippen molar-refractivity contribution < 1.29 is 43.5 Å². The van der Waals surface area contributed by atoms with Crippen LogP contribution in [0.15, 0.2) is 96.1 Å². The minimum atomic E-state index is -1.74. The van der Waals surface area contributed by atoms with Crippen molar-refractivity contribution in [1.82, 2.24) is 5.32 Å². The van der Waals surface area contributed by atoms with E-state index >= 15 is 0 Å². The first kappa shape index (κ1) is 39.8. The molecule has 3 N–H and O–H groups in total. The predicted octanol–water partition coefficient (Wildman–Crippen LogP) is 7.12. The summed E-state index contributed by atoms with van der Waals surface area (Å²) in [6.07, 6.45) is -2.98. The molecule has 57 heavy (non-hydrogen) atoms. The van der Waals surface area contributed by atoms with Crippen LogP contribution in [0.5, 0.6) is 5.75 Å². The standard InChI is InChI=1S/C47H57NO9/c1-26-33(55-42(51)38(49)37(29-15-11-9-12-16-29)48-41(50)30-17-13-10-14-18-30)24-47(52)28(3)39-45(6)25-54-34(45)23-35-46(39,7)40(27(2)36(26)44(47,4)5)57-43(56-35)31-19-21-32(53-8)22-20-31/h9-22,27-28,33-35,37-40,43,49,52H,23-25H2,1-8H3,(H,48,50)/t27-,28-,33-,34+,35-,37-,38+,39+,40-,43?,45+,46+,47+/m0/s1. The van der Waals surface area contributed by atoms with Gasteiger partial charge in [-0.15, -0.1) is 0 Å². The van der Waals surface area contributed by atoms with E-state index in [0.29, 0.717) is 17.7 Å². The lowest BCUT2D eigenvalue weighted by Crippen LogP contribution is -2.76. The average Bonchev–Trinajstić information content (AvgIpc) is 3.20. The van der Waals surface area contributed by atoms with Crippen molar-refractivity contribution in [3.8, 4) is 5.75 Å². The highest BCUT2D eigenvalue weighted by molar-refractivity contribution is 5.95. The number of hydrogen-bond donors (Lipinski definition) is 3. The predicted molar refractivity (Wildman–Crippen MR) is 213 cm³/mol. The summed E-state index contributed by atoms with van der Waals surface area (Å²) in [5, 5.41) is 28.1. The molecular weight excluding hydrogens is 723 g/mol. The number of esters is 1. The van der Waals surface area contributed by atoms with Gasteiger partial charge < -0.3 is 39.2 Å². The molecule has 2 aliphatic heterocycles. The Labute approximate surface area is 335 Å². The van der Waals surface area contributed by atoms with E-state index in [0.717, 1.165) is 28.9 Å². The normalized spacial score (nSPS) is 37.5. The first-order valence-corrected chi connectivity index (χ1v) is 20.4. The number of hydrogen-bond acceptors (Lipinski definition) is 9. The number of amides is 1. The molecule has 8 rings (SSSR count). The lowest BCUT2D eigenvalue weighted by molar-refractivity contribution is -0.393. The number of rotatable bonds is 8. The number of carbonyl (C=O) groups is 2. The number of fused-ring (bicyclic) bond motifs is 4. The van der Waals surface area contributed by atoms with Crippen LogP contribution in [0.2, 0.25) is 0 Å². The van der Waals surface area contributed by atoms with Crippen LogP contribution in [0.3, 0.4) is 0 Å². The van der Waals surface area contributed by atoms with Gasteiger partial charge in [0.25, 0.3) is 5.91 Å². The molecule has 4 fully saturated rings. The van der Waals surface area contributed by atoms with E-state index in [2.05, 4.69) is 46.9 Å². The first-order valence-electron chi connectivity index (χ1n) is 20.4. The molecule has 3 aromatic carbocycles. The molecule has 0 radical (unpaired) electrons. The number of aliphatic hydroxyl groups is 2. The van der Waals surface area contributed by atoms with E-state index in [1.54, 1.807) is 55.6 Å². The number of ether oxygens (including phenoxy) is 5. The van der Waals surface area contributed by atoms with E-state index in [1.165, 1.54) is 0 Å². The van der Waals surface area contributed by atoms with Crippen molar-refractivity contribution in [2.45, 2.75) is 110 Å². The van der Waals surface area contributed by atoms with Crippen molar-refractivity contribution in [3.63, 3.8) is 0 Å². The van der Waals surface area contributed by atoms with Gasteiger partial charge in [-0.2, -0.15) is 0 Å². The summed E-state index contributed by atoms with van der Waals surface area (Å²) >= 11 is 0. The van der Waals surface area contributed by atoms with E-state index in [9.17, 15) is 19.8 Å². The summed E-state index contributed by atoms with van der Waals surface area (Å²) in [5.41, 5.74) is 0.775. The zero-order valence-electron chi connectivity index (χ0n) is 34.2. The van der Waals surface area contributed by atoms with E-state index < -0.39 is 52.8 Å². The number of carbonyl (C=O) groups excluding carboxylic acids is 2.